The smallest absolute Gasteiger partial charge is 0.261 e. The second-order valence-electron chi connectivity index (χ2n) is 7.04. The lowest BCUT2D eigenvalue weighted by molar-refractivity contribution is -0.142. The van der Waals surface area contributed by atoms with Gasteiger partial charge in [0.15, 0.2) is 6.61 Å². The van der Waals surface area contributed by atoms with Crippen molar-refractivity contribution in [3.63, 3.8) is 0 Å². The number of benzene rings is 2. The fraction of sp³-hybridized carbons (Fsp3) is 0.391. The third kappa shape index (κ3) is 5.35. The number of ether oxygens (including phenoxy) is 1. The van der Waals surface area contributed by atoms with Crippen LogP contribution in [0.15, 0.2) is 42.5 Å². The van der Waals surface area contributed by atoms with Crippen LogP contribution in [0.5, 0.6) is 5.75 Å². The zero-order valence-corrected chi connectivity index (χ0v) is 17.4. The Morgan fingerprint density at radius 2 is 1.79 bits per heavy atom. The topological polar surface area (TPSA) is 58.6 Å². The molecule has 1 N–H and O–H groups in total. The lowest BCUT2D eigenvalue weighted by Crippen LogP contribution is -2.49. The van der Waals surface area contributed by atoms with Crippen LogP contribution in [0.2, 0.25) is 0 Å². The van der Waals surface area contributed by atoms with Crippen molar-refractivity contribution in [3.8, 4) is 5.75 Å². The number of likely N-dealkylation sites (N-methyl/N-ethyl adjacent to an activating group) is 1. The van der Waals surface area contributed by atoms with Crippen LogP contribution in [0.25, 0.3) is 0 Å². The minimum Gasteiger partial charge on any atom is -0.483 e. The van der Waals surface area contributed by atoms with Gasteiger partial charge in [0, 0.05) is 13.6 Å². The Balaban J connectivity index is 2.24. The number of nitrogens with one attached hydrogen (secondary N) is 1. The van der Waals surface area contributed by atoms with E-state index in [1.807, 2.05) is 70.2 Å². The van der Waals surface area contributed by atoms with E-state index in [9.17, 15) is 9.59 Å². The highest BCUT2D eigenvalue weighted by Crippen LogP contribution is 2.20. The van der Waals surface area contributed by atoms with Crippen LogP contribution >= 0.6 is 0 Å². The maximum absolute atomic E-state index is 13.1. The zero-order chi connectivity index (χ0) is 20.7. The van der Waals surface area contributed by atoms with E-state index in [0.29, 0.717) is 18.7 Å². The highest BCUT2D eigenvalue weighted by atomic mass is 16.5. The Bertz CT molecular complexity index is 832. The molecule has 5 heteroatoms. The van der Waals surface area contributed by atoms with Crippen LogP contribution in [0.1, 0.15) is 35.6 Å². The highest BCUT2D eigenvalue weighted by molar-refractivity contribution is 5.88. The summed E-state index contributed by atoms with van der Waals surface area (Å²) >= 11 is 0. The molecule has 150 valence electrons. The molecule has 0 radical (unpaired) electrons. The molecule has 0 fully saturated rings. The van der Waals surface area contributed by atoms with Gasteiger partial charge in [0.05, 0.1) is 0 Å². The lowest BCUT2D eigenvalue weighted by Gasteiger charge is -2.30. The van der Waals surface area contributed by atoms with Gasteiger partial charge in [-0.05, 0) is 55.5 Å². The standard InChI is InChI=1S/C23H30N2O3/c1-6-20(23(27)24-5)25(14-19-10-8-7-9-17(19)3)22(26)15-28-21-13-16(2)11-12-18(21)4/h7-13,20H,6,14-15H2,1-5H3,(H,24,27)/t20-/m1/s1. The Morgan fingerprint density at radius 3 is 2.43 bits per heavy atom. The summed E-state index contributed by atoms with van der Waals surface area (Å²) in [6.45, 7) is 8.10. The van der Waals surface area contributed by atoms with Gasteiger partial charge in [-0.2, -0.15) is 0 Å². The molecule has 5 nitrogen and oxygen atoms in total. The third-order valence-corrected chi connectivity index (χ3v) is 4.93. The Hall–Kier alpha value is -2.82. The first-order valence-corrected chi connectivity index (χ1v) is 9.63. The maximum Gasteiger partial charge on any atom is 0.261 e. The molecule has 2 aromatic carbocycles. The van der Waals surface area contributed by atoms with E-state index in [0.717, 1.165) is 22.3 Å². The molecular formula is C23H30N2O3. The number of hydrogen-bond acceptors (Lipinski definition) is 3. The van der Waals surface area contributed by atoms with Gasteiger partial charge in [0.1, 0.15) is 11.8 Å². The Morgan fingerprint density at radius 1 is 1.07 bits per heavy atom. The molecular weight excluding hydrogens is 352 g/mol. The molecule has 0 saturated heterocycles. The molecule has 0 aliphatic heterocycles. The van der Waals surface area contributed by atoms with Crippen LogP contribution in [-0.2, 0) is 16.1 Å². The number of aryl methyl sites for hydroxylation is 3. The minimum atomic E-state index is -0.542. The van der Waals surface area contributed by atoms with E-state index < -0.39 is 6.04 Å². The average Bonchev–Trinajstić information content (AvgIpc) is 2.69. The number of carbonyl (C=O) groups is 2. The number of nitrogens with zero attached hydrogens (tertiary/aromatic N) is 1. The first kappa shape index (κ1) is 21.5. The van der Waals surface area contributed by atoms with E-state index >= 15 is 0 Å². The van der Waals surface area contributed by atoms with Crippen molar-refractivity contribution in [1.82, 2.24) is 10.2 Å². The normalized spacial score (nSPS) is 11.6. The SMILES string of the molecule is CC[C@H](C(=O)NC)N(Cc1ccccc1C)C(=O)COc1cc(C)ccc1C. The van der Waals surface area contributed by atoms with Crippen LogP contribution in [0, 0.1) is 20.8 Å². The summed E-state index contributed by atoms with van der Waals surface area (Å²) in [5.74, 6) is 0.313. The summed E-state index contributed by atoms with van der Waals surface area (Å²) in [7, 11) is 1.59. The van der Waals surface area contributed by atoms with E-state index in [-0.39, 0.29) is 18.4 Å². The van der Waals surface area contributed by atoms with Crippen molar-refractivity contribution in [2.75, 3.05) is 13.7 Å². The maximum atomic E-state index is 13.1. The van der Waals surface area contributed by atoms with Gasteiger partial charge in [-0.3, -0.25) is 9.59 Å². The number of rotatable bonds is 8. The molecule has 0 aliphatic carbocycles. The monoisotopic (exact) mass is 382 g/mol. The molecule has 0 aromatic heterocycles. The van der Waals surface area contributed by atoms with Gasteiger partial charge < -0.3 is 15.0 Å². The van der Waals surface area contributed by atoms with E-state index in [1.165, 1.54) is 0 Å². The second-order valence-corrected chi connectivity index (χ2v) is 7.04. The van der Waals surface area contributed by atoms with Gasteiger partial charge in [0.25, 0.3) is 5.91 Å². The fourth-order valence-corrected chi connectivity index (χ4v) is 3.14. The van der Waals surface area contributed by atoms with Gasteiger partial charge in [0.2, 0.25) is 5.91 Å². The molecule has 2 aromatic rings. The van der Waals surface area contributed by atoms with Gasteiger partial charge >= 0.3 is 0 Å². The summed E-state index contributed by atoms with van der Waals surface area (Å²) in [5.41, 5.74) is 4.15. The van der Waals surface area contributed by atoms with Crippen LogP contribution in [0.4, 0.5) is 0 Å². The molecule has 2 amide bonds. The van der Waals surface area contributed by atoms with Crippen molar-refractivity contribution in [1.29, 1.82) is 0 Å². The van der Waals surface area contributed by atoms with Gasteiger partial charge in [-0.1, -0.05) is 43.3 Å². The van der Waals surface area contributed by atoms with Gasteiger partial charge in [-0.25, -0.2) is 0 Å². The first-order chi connectivity index (χ1) is 13.4. The summed E-state index contributed by atoms with van der Waals surface area (Å²) in [6, 6.07) is 13.3. The predicted molar refractivity (Wildman–Crippen MR) is 111 cm³/mol. The van der Waals surface area contributed by atoms with E-state index in [4.69, 9.17) is 4.74 Å². The quantitative estimate of drug-likeness (QED) is 0.760. The second kappa shape index (κ2) is 9.93. The summed E-state index contributed by atoms with van der Waals surface area (Å²) in [5, 5.41) is 2.67. The van der Waals surface area contributed by atoms with E-state index in [1.54, 1.807) is 11.9 Å². The molecule has 28 heavy (non-hydrogen) atoms. The Kier molecular flexibility index (Phi) is 7.61. The summed E-state index contributed by atoms with van der Waals surface area (Å²) < 4.78 is 5.81. The molecule has 1 atom stereocenters. The predicted octanol–water partition coefficient (Wildman–Crippen LogP) is 3.54. The van der Waals surface area contributed by atoms with Crippen LogP contribution in [-0.4, -0.2) is 36.4 Å². The molecule has 0 spiro atoms. The molecule has 0 bridgehead atoms. The summed E-state index contributed by atoms with van der Waals surface area (Å²) in [4.78, 5) is 27.1. The van der Waals surface area contributed by atoms with Crippen molar-refractivity contribution < 1.29 is 14.3 Å². The summed E-state index contributed by atoms with van der Waals surface area (Å²) in [6.07, 6.45) is 0.529. The Labute approximate surface area is 167 Å². The molecule has 0 unspecified atom stereocenters. The molecule has 2 rings (SSSR count). The van der Waals surface area contributed by atoms with Crippen molar-refractivity contribution in [3.05, 3.63) is 64.7 Å². The van der Waals surface area contributed by atoms with Crippen molar-refractivity contribution in [2.45, 2.75) is 46.7 Å². The van der Waals surface area contributed by atoms with Crippen molar-refractivity contribution in [2.24, 2.45) is 0 Å². The molecule has 0 aliphatic rings. The largest absolute Gasteiger partial charge is 0.483 e. The van der Waals surface area contributed by atoms with E-state index in [2.05, 4.69) is 5.32 Å². The molecule has 0 heterocycles. The van der Waals surface area contributed by atoms with Gasteiger partial charge in [-0.15, -0.1) is 0 Å². The first-order valence-electron chi connectivity index (χ1n) is 9.63. The van der Waals surface area contributed by atoms with Crippen LogP contribution < -0.4 is 10.1 Å². The van der Waals surface area contributed by atoms with Crippen molar-refractivity contribution >= 4 is 11.8 Å². The highest BCUT2D eigenvalue weighted by Gasteiger charge is 2.28. The lowest BCUT2D eigenvalue weighted by atomic mass is 10.1. The average molecular weight is 383 g/mol. The number of hydrogen-bond donors (Lipinski definition) is 1. The zero-order valence-electron chi connectivity index (χ0n) is 17.4. The number of amides is 2. The molecule has 0 saturated carbocycles. The van der Waals surface area contributed by atoms with Crippen LogP contribution in [0.3, 0.4) is 0 Å². The fourth-order valence-electron chi connectivity index (χ4n) is 3.14. The minimum absolute atomic E-state index is 0.107. The number of carbonyl (C=O) groups excluding carboxylic acids is 2. The third-order valence-electron chi connectivity index (χ3n) is 4.93.